The summed E-state index contributed by atoms with van der Waals surface area (Å²) in [5, 5.41) is 21.8. The Hall–Kier alpha value is -5.53. The standard InChI is InChI=1S/C19H25N5O4S.C17H19N7OS/c1-19(2,3)18(25)28-8-6-7-14-12-24-15(13-9-21-23(4)11-13)10-20-16(24)17(22-14)29(5,26)27;1-11-6-15(26-22-11)21-16-17-18-8-14(12-7-19-23(2)9-12)24(17)10-13(20-16)4-3-5-25/h9-12H,6-8H2,1-5H3;6-10,25H,3-5H2,1-2H3,(H,20,21). The first-order chi connectivity index (χ1) is 26.1. The number of nitrogens with one attached hydrogen (secondary N) is 1. The molecule has 0 unspecified atom stereocenters. The predicted molar refractivity (Wildman–Crippen MR) is 208 cm³/mol. The highest BCUT2D eigenvalue weighted by molar-refractivity contribution is 7.90. The average Bonchev–Trinajstić information content (AvgIpc) is 3.97. The van der Waals surface area contributed by atoms with Crippen LogP contribution in [-0.4, -0.2) is 91.6 Å². The molecule has 19 heteroatoms. The van der Waals surface area contributed by atoms with Crippen LogP contribution in [0.2, 0.25) is 0 Å². The van der Waals surface area contributed by atoms with Crippen molar-refractivity contribution >= 4 is 49.5 Å². The van der Waals surface area contributed by atoms with Gasteiger partial charge in [-0.15, -0.1) is 0 Å². The molecule has 7 aromatic rings. The molecule has 0 bridgehead atoms. The van der Waals surface area contributed by atoms with Crippen molar-refractivity contribution < 1.29 is 23.1 Å². The number of esters is 1. The van der Waals surface area contributed by atoms with Crippen LogP contribution in [0.4, 0.5) is 10.8 Å². The molecule has 0 radical (unpaired) electrons. The molecule has 0 amide bonds. The fourth-order valence-electron chi connectivity index (χ4n) is 5.59. The van der Waals surface area contributed by atoms with E-state index in [4.69, 9.17) is 14.8 Å². The molecule has 290 valence electrons. The molecule has 0 aromatic carbocycles. The second kappa shape index (κ2) is 16.1. The van der Waals surface area contributed by atoms with Gasteiger partial charge in [0.1, 0.15) is 5.00 Å². The van der Waals surface area contributed by atoms with Crippen LogP contribution in [0.15, 0.2) is 60.7 Å². The molecular formula is C36H44N12O5S2. The summed E-state index contributed by atoms with van der Waals surface area (Å²) in [6, 6.07) is 1.98. The van der Waals surface area contributed by atoms with Gasteiger partial charge in [0.15, 0.2) is 32.0 Å². The molecule has 0 spiro atoms. The summed E-state index contributed by atoms with van der Waals surface area (Å²) in [5.41, 5.74) is 6.35. The number of anilines is 2. The molecule has 0 aliphatic rings. The van der Waals surface area contributed by atoms with Gasteiger partial charge in [-0.3, -0.25) is 23.0 Å². The summed E-state index contributed by atoms with van der Waals surface area (Å²) in [4.78, 5) is 29.7. The quantitative estimate of drug-likeness (QED) is 0.128. The maximum atomic E-state index is 12.3. The summed E-state index contributed by atoms with van der Waals surface area (Å²) in [6.45, 7) is 7.71. The number of aliphatic hydroxyl groups is 1. The lowest BCUT2D eigenvalue weighted by Crippen LogP contribution is -2.23. The molecule has 7 rings (SSSR count). The van der Waals surface area contributed by atoms with Crippen molar-refractivity contribution in [2.75, 3.05) is 24.8 Å². The van der Waals surface area contributed by atoms with E-state index in [-0.39, 0.29) is 29.9 Å². The highest BCUT2D eigenvalue weighted by atomic mass is 32.2. The lowest BCUT2D eigenvalue weighted by molar-refractivity contribution is -0.153. The molecular weight excluding hydrogens is 745 g/mol. The van der Waals surface area contributed by atoms with Crippen LogP contribution in [-0.2, 0) is 46.3 Å². The summed E-state index contributed by atoms with van der Waals surface area (Å²) in [7, 11) is 0.115. The lowest BCUT2D eigenvalue weighted by atomic mass is 9.97. The van der Waals surface area contributed by atoms with Crippen molar-refractivity contribution in [1.29, 1.82) is 0 Å². The molecule has 0 saturated carbocycles. The number of fused-ring (bicyclic) bond motifs is 2. The number of ether oxygens (including phenoxy) is 1. The summed E-state index contributed by atoms with van der Waals surface area (Å²) in [6.07, 6.45) is 17.9. The van der Waals surface area contributed by atoms with E-state index in [1.54, 1.807) is 60.2 Å². The Morgan fingerprint density at radius 3 is 1.98 bits per heavy atom. The minimum atomic E-state index is -3.58. The first kappa shape index (κ1) is 39.2. The van der Waals surface area contributed by atoms with Gasteiger partial charge in [-0.2, -0.15) is 14.6 Å². The number of aryl methyl sites for hydroxylation is 5. The predicted octanol–water partition coefficient (Wildman–Crippen LogP) is 4.62. The third-order valence-electron chi connectivity index (χ3n) is 8.29. The van der Waals surface area contributed by atoms with Gasteiger partial charge in [0.2, 0.25) is 0 Å². The van der Waals surface area contributed by atoms with Crippen LogP contribution < -0.4 is 5.32 Å². The first-order valence-electron chi connectivity index (χ1n) is 17.5. The van der Waals surface area contributed by atoms with E-state index in [9.17, 15) is 13.2 Å². The van der Waals surface area contributed by atoms with Crippen LogP contribution in [0.1, 0.15) is 50.7 Å². The van der Waals surface area contributed by atoms with Crippen molar-refractivity contribution in [3.63, 3.8) is 0 Å². The third kappa shape index (κ3) is 9.23. The van der Waals surface area contributed by atoms with Crippen molar-refractivity contribution in [3.05, 3.63) is 72.7 Å². The molecule has 55 heavy (non-hydrogen) atoms. The number of rotatable bonds is 12. The molecule has 7 aromatic heterocycles. The number of hydrogen-bond donors (Lipinski definition) is 2. The number of carbonyl (C=O) groups excluding carboxylic acids is 1. The molecule has 0 saturated heterocycles. The maximum absolute atomic E-state index is 12.3. The zero-order chi connectivity index (χ0) is 39.5. The Balaban J connectivity index is 0.000000188. The molecule has 0 atom stereocenters. The van der Waals surface area contributed by atoms with Crippen LogP contribution in [0.5, 0.6) is 0 Å². The summed E-state index contributed by atoms with van der Waals surface area (Å²) >= 11 is 1.39. The highest BCUT2D eigenvalue weighted by Crippen LogP contribution is 2.28. The second-order valence-corrected chi connectivity index (χ2v) is 16.9. The number of hydrogen-bond acceptors (Lipinski definition) is 14. The zero-order valence-corrected chi connectivity index (χ0v) is 33.4. The number of sulfone groups is 1. The van der Waals surface area contributed by atoms with E-state index < -0.39 is 15.3 Å². The summed E-state index contributed by atoms with van der Waals surface area (Å²) in [5.74, 6) is 0.408. The van der Waals surface area contributed by atoms with Gasteiger partial charge < -0.3 is 15.2 Å². The first-order valence-corrected chi connectivity index (χ1v) is 20.2. The fourth-order valence-corrected chi connectivity index (χ4v) is 7.01. The molecule has 0 fully saturated rings. The minimum Gasteiger partial charge on any atom is -0.465 e. The van der Waals surface area contributed by atoms with E-state index in [0.29, 0.717) is 37.2 Å². The van der Waals surface area contributed by atoms with Gasteiger partial charge in [-0.05, 0) is 71.0 Å². The van der Waals surface area contributed by atoms with Crippen molar-refractivity contribution in [2.24, 2.45) is 19.5 Å². The van der Waals surface area contributed by atoms with E-state index in [2.05, 4.69) is 34.8 Å². The number of aromatic nitrogens is 11. The second-order valence-electron chi connectivity index (χ2n) is 14.1. The van der Waals surface area contributed by atoms with Crippen molar-refractivity contribution in [1.82, 2.24) is 52.7 Å². The number of nitrogens with zero attached hydrogens (tertiary/aromatic N) is 11. The van der Waals surface area contributed by atoms with Gasteiger partial charge >= 0.3 is 5.97 Å². The average molecular weight is 789 g/mol. The Morgan fingerprint density at radius 1 is 0.873 bits per heavy atom. The number of aliphatic hydroxyl groups excluding tert-OH is 1. The fraction of sp³-hybridized carbons (Fsp3) is 0.389. The molecule has 2 N–H and O–H groups in total. The lowest BCUT2D eigenvalue weighted by Gasteiger charge is -2.16. The number of carbonyl (C=O) groups is 1. The van der Waals surface area contributed by atoms with Crippen LogP contribution >= 0.6 is 11.5 Å². The Labute approximate surface area is 322 Å². The zero-order valence-electron chi connectivity index (χ0n) is 31.8. The summed E-state index contributed by atoms with van der Waals surface area (Å²) < 4.78 is 41.3. The van der Waals surface area contributed by atoms with Crippen LogP contribution in [0.3, 0.4) is 0 Å². The van der Waals surface area contributed by atoms with Crippen molar-refractivity contribution in [3.8, 4) is 22.5 Å². The topological polar surface area (TPSA) is 202 Å². The maximum Gasteiger partial charge on any atom is 0.311 e. The smallest absolute Gasteiger partial charge is 0.311 e. The monoisotopic (exact) mass is 788 g/mol. The normalized spacial score (nSPS) is 11.9. The van der Waals surface area contributed by atoms with E-state index in [0.717, 1.165) is 50.8 Å². The van der Waals surface area contributed by atoms with Gasteiger partial charge in [-0.25, -0.2) is 28.4 Å². The van der Waals surface area contributed by atoms with E-state index in [1.807, 2.05) is 55.4 Å². The van der Waals surface area contributed by atoms with Crippen LogP contribution in [0.25, 0.3) is 33.8 Å². The third-order valence-corrected chi connectivity index (χ3v) is 10.1. The van der Waals surface area contributed by atoms with Crippen molar-refractivity contribution in [2.45, 2.75) is 58.4 Å². The minimum absolute atomic E-state index is 0.0724. The molecule has 0 aliphatic heterocycles. The molecule has 17 nitrogen and oxygen atoms in total. The van der Waals surface area contributed by atoms with Gasteiger partial charge in [-0.1, -0.05) is 0 Å². The Kier molecular flexibility index (Phi) is 11.4. The van der Waals surface area contributed by atoms with E-state index >= 15 is 0 Å². The largest absolute Gasteiger partial charge is 0.465 e. The van der Waals surface area contributed by atoms with Gasteiger partial charge in [0.05, 0.1) is 65.3 Å². The van der Waals surface area contributed by atoms with E-state index in [1.165, 1.54) is 11.5 Å². The van der Waals surface area contributed by atoms with Gasteiger partial charge in [0.25, 0.3) is 0 Å². The highest BCUT2D eigenvalue weighted by Gasteiger charge is 2.23. The SMILES string of the molecule is Cc1cc(Nc2nc(CCCO)cn3c(-c4cnn(C)c4)cnc23)sn1.Cn1cc(-c2cnc3c(S(C)(=O)=O)nc(CCCOC(=O)C(C)(C)C)cn23)cn1. The molecule has 7 heterocycles. The van der Waals surface area contributed by atoms with Crippen LogP contribution in [0, 0.1) is 12.3 Å². The molecule has 0 aliphatic carbocycles. The Bertz CT molecular complexity index is 2560. The van der Waals surface area contributed by atoms with Gasteiger partial charge in [0, 0.05) is 62.9 Å². The number of imidazole rings is 2. The Morgan fingerprint density at radius 2 is 1.45 bits per heavy atom.